The van der Waals surface area contributed by atoms with Gasteiger partial charge in [-0.3, -0.25) is 14.4 Å². The van der Waals surface area contributed by atoms with Crippen molar-refractivity contribution in [3.63, 3.8) is 0 Å². The number of carbonyl (C=O) groups is 6. The highest BCUT2D eigenvalue weighted by atomic mass is 16.4. The van der Waals surface area contributed by atoms with E-state index in [2.05, 4.69) is 36.7 Å². The van der Waals surface area contributed by atoms with Crippen LogP contribution in [0.2, 0.25) is 0 Å². The number of carboxylic acid groups (broad SMARTS) is 3. The van der Waals surface area contributed by atoms with Crippen LogP contribution in [0.3, 0.4) is 0 Å². The van der Waals surface area contributed by atoms with Crippen LogP contribution < -0.4 is 16.0 Å². The van der Waals surface area contributed by atoms with Gasteiger partial charge in [-0.05, 0) is 105 Å². The molecule has 418 valence electrons. The minimum atomic E-state index is -1.42. The van der Waals surface area contributed by atoms with Crippen molar-refractivity contribution >= 4 is 35.6 Å². The second kappa shape index (κ2) is 42.1. The molecule has 2 rings (SSSR count). The molecule has 0 saturated heterocycles. The molecule has 2 saturated carbocycles. The van der Waals surface area contributed by atoms with Crippen LogP contribution in [0.25, 0.3) is 0 Å². The van der Waals surface area contributed by atoms with Crippen molar-refractivity contribution in [3.8, 4) is 0 Å². The molecule has 2 aliphatic rings. The second-order valence-corrected chi connectivity index (χ2v) is 22.6. The molecule has 0 radical (unpaired) electrons. The van der Waals surface area contributed by atoms with Crippen LogP contribution in [-0.4, -0.2) is 70.6 Å². The zero-order chi connectivity index (χ0) is 52.6. The lowest BCUT2D eigenvalue weighted by Crippen LogP contribution is -2.53. The topological polar surface area (TPSA) is 199 Å². The fourth-order valence-corrected chi connectivity index (χ4v) is 13.6. The summed E-state index contributed by atoms with van der Waals surface area (Å²) in [5.74, 6) is -0.276. The van der Waals surface area contributed by atoms with Gasteiger partial charge in [0.25, 0.3) is 0 Å². The van der Waals surface area contributed by atoms with E-state index in [0.29, 0.717) is 19.6 Å². The van der Waals surface area contributed by atoms with Gasteiger partial charge in [0.1, 0.15) is 0 Å². The largest absolute Gasteiger partial charge is 0.474 e. The van der Waals surface area contributed by atoms with E-state index in [4.69, 9.17) is 15.3 Å². The van der Waals surface area contributed by atoms with Gasteiger partial charge in [0.15, 0.2) is 0 Å². The number of unbranched alkanes of at least 4 members (excludes halogenated alkanes) is 26. The summed E-state index contributed by atoms with van der Waals surface area (Å²) in [6.45, 7) is 8.40. The Hall–Kier alpha value is -3.18. The van der Waals surface area contributed by atoms with E-state index in [0.717, 1.165) is 105 Å². The summed E-state index contributed by atoms with van der Waals surface area (Å²) < 4.78 is 0. The monoisotopic (exact) mass is 1020 g/mol. The molecule has 12 heteroatoms. The van der Waals surface area contributed by atoms with Gasteiger partial charge in [0.2, 0.25) is 0 Å². The lowest BCUT2D eigenvalue weighted by molar-refractivity contribution is -0.150. The summed E-state index contributed by atoms with van der Waals surface area (Å²) in [5.41, 5.74) is 0. The smallest absolute Gasteiger partial charge is 0.394 e. The Morgan fingerprint density at radius 1 is 0.306 bits per heavy atom. The number of carboxylic acids is 3. The molecule has 12 nitrogen and oxygen atoms in total. The summed E-state index contributed by atoms with van der Waals surface area (Å²) in [7, 11) is 0. The first-order valence-electron chi connectivity index (χ1n) is 30.5. The van der Waals surface area contributed by atoms with Crippen molar-refractivity contribution < 1.29 is 44.1 Å². The van der Waals surface area contributed by atoms with E-state index < -0.39 is 35.6 Å². The highest BCUT2D eigenvalue weighted by molar-refractivity contribution is 6.32. The Balaban J connectivity index is 2.28. The number of rotatable bonds is 44. The minimum absolute atomic E-state index is 0.428. The van der Waals surface area contributed by atoms with Gasteiger partial charge in [-0.2, -0.15) is 0 Å². The highest BCUT2D eigenvalue weighted by Gasteiger charge is 2.54. The van der Waals surface area contributed by atoms with Crippen molar-refractivity contribution in [1.82, 2.24) is 16.0 Å². The number of hydrogen-bond acceptors (Lipinski definition) is 6. The number of fused-ring (bicyclic) bond motifs is 1. The van der Waals surface area contributed by atoms with Crippen molar-refractivity contribution in [3.05, 3.63) is 0 Å². The zero-order valence-electron chi connectivity index (χ0n) is 46.3. The summed E-state index contributed by atoms with van der Waals surface area (Å²) in [6.07, 6.45) is 50.0. The lowest BCUT2D eigenvalue weighted by atomic mass is 9.45. The predicted molar refractivity (Wildman–Crippen MR) is 292 cm³/mol. The molecule has 2 fully saturated rings. The lowest BCUT2D eigenvalue weighted by Gasteiger charge is -2.60. The van der Waals surface area contributed by atoms with Crippen LogP contribution in [0, 0.1) is 47.3 Å². The van der Waals surface area contributed by atoms with Crippen LogP contribution in [-0.2, 0) is 28.8 Å². The SMILES string of the molecule is CCCCCC1CCC(CCCCCCCCCNC(=O)C(=O)O)C2C(CCCCCCCCCNC(=O)C(=O)O)C(CCCCCCCCCCCNC(=O)C(=O)O)C(CCCCC)C(CCCCC)C12. The first kappa shape index (κ1) is 64.9. The van der Waals surface area contributed by atoms with Gasteiger partial charge in [-0.1, -0.05) is 220 Å². The maximum absolute atomic E-state index is 11.4. The second-order valence-electron chi connectivity index (χ2n) is 22.6. The Bertz CT molecular complexity index is 1460. The van der Waals surface area contributed by atoms with Gasteiger partial charge in [-0.25, -0.2) is 14.4 Å². The normalized spacial score (nSPS) is 21.7. The third kappa shape index (κ3) is 27.9. The van der Waals surface area contributed by atoms with Crippen LogP contribution in [0.4, 0.5) is 0 Å². The van der Waals surface area contributed by atoms with Crippen molar-refractivity contribution in [2.24, 2.45) is 47.3 Å². The molecule has 8 unspecified atom stereocenters. The van der Waals surface area contributed by atoms with E-state index in [1.807, 2.05) is 0 Å². The van der Waals surface area contributed by atoms with E-state index >= 15 is 0 Å². The molecule has 72 heavy (non-hydrogen) atoms. The average molecular weight is 1020 g/mol. The van der Waals surface area contributed by atoms with E-state index in [9.17, 15) is 28.8 Å². The molecule has 0 heterocycles. The van der Waals surface area contributed by atoms with E-state index in [-0.39, 0.29) is 0 Å². The number of amides is 3. The first-order chi connectivity index (χ1) is 35.0. The average Bonchev–Trinajstić information content (AvgIpc) is 3.36. The predicted octanol–water partition coefficient (Wildman–Crippen LogP) is 14.2. The number of hydrogen-bond donors (Lipinski definition) is 6. The fourth-order valence-electron chi connectivity index (χ4n) is 13.6. The summed E-state index contributed by atoms with van der Waals surface area (Å²) in [6, 6.07) is 0. The third-order valence-electron chi connectivity index (χ3n) is 17.2. The maximum atomic E-state index is 11.4. The minimum Gasteiger partial charge on any atom is -0.474 e. The van der Waals surface area contributed by atoms with Gasteiger partial charge in [0.05, 0.1) is 0 Å². The third-order valence-corrected chi connectivity index (χ3v) is 17.2. The summed E-state index contributed by atoms with van der Waals surface area (Å²) >= 11 is 0. The van der Waals surface area contributed by atoms with Crippen LogP contribution in [0.5, 0.6) is 0 Å². The molecule has 0 bridgehead atoms. The molecule has 0 aromatic heterocycles. The van der Waals surface area contributed by atoms with Gasteiger partial charge in [-0.15, -0.1) is 0 Å². The van der Waals surface area contributed by atoms with Crippen molar-refractivity contribution in [2.75, 3.05) is 19.6 Å². The van der Waals surface area contributed by atoms with Crippen molar-refractivity contribution in [1.29, 1.82) is 0 Å². The molecule has 6 N–H and O–H groups in total. The summed E-state index contributed by atoms with van der Waals surface area (Å²) in [4.78, 5) is 66.6. The first-order valence-corrected chi connectivity index (χ1v) is 30.5. The van der Waals surface area contributed by atoms with Crippen LogP contribution in [0.1, 0.15) is 278 Å². The highest BCUT2D eigenvalue weighted by Crippen LogP contribution is 2.61. The summed E-state index contributed by atoms with van der Waals surface area (Å²) in [5, 5.41) is 34.0. The molecule has 0 aliphatic heterocycles. The quantitative estimate of drug-likeness (QED) is 0.0254. The molecule has 0 aromatic carbocycles. The number of carbonyl (C=O) groups excluding carboxylic acids is 3. The Morgan fingerprint density at radius 2 is 0.528 bits per heavy atom. The molecule has 3 amide bonds. The van der Waals surface area contributed by atoms with Crippen molar-refractivity contribution in [2.45, 2.75) is 278 Å². The van der Waals surface area contributed by atoms with Gasteiger partial charge >= 0.3 is 35.6 Å². The molecular formula is C60H109N3O9. The molecular weight excluding hydrogens is 907 g/mol. The molecule has 8 atom stereocenters. The Kier molecular flexibility index (Phi) is 38.0. The Labute approximate surface area is 438 Å². The number of nitrogens with one attached hydrogen (secondary N) is 3. The van der Waals surface area contributed by atoms with Crippen LogP contribution in [0.15, 0.2) is 0 Å². The molecule has 0 spiro atoms. The Morgan fingerprint density at radius 3 is 0.806 bits per heavy atom. The standard InChI is InChI=1S/C60H109N3O9/c1-4-7-27-36-47-42-43-48(37-30-21-15-13-19-25-34-45-62-56(65)59(69)70)54-52(41-32-23-17-14-20-26-35-46-63-57(66)60(71)72)50(49(38-28-8-5-2)51(53(47)54)40-29-9-6-3)39-31-22-16-11-10-12-18-24-33-44-61-55(64)58(67)68/h47-54H,4-46H2,1-3H3,(H,61,64)(H,62,65)(H,63,66)(H,67,68)(H,69,70)(H,71,72). The van der Waals surface area contributed by atoms with Crippen LogP contribution >= 0.6 is 0 Å². The molecule has 2 aliphatic carbocycles. The fraction of sp³-hybridized carbons (Fsp3) is 0.900. The van der Waals surface area contributed by atoms with E-state index in [1.54, 1.807) is 0 Å². The van der Waals surface area contributed by atoms with E-state index in [1.165, 1.54) is 199 Å². The zero-order valence-corrected chi connectivity index (χ0v) is 46.3. The maximum Gasteiger partial charge on any atom is 0.394 e. The number of aliphatic carboxylic acids is 3. The molecule has 0 aromatic rings. The van der Waals surface area contributed by atoms with Gasteiger partial charge < -0.3 is 31.3 Å². The van der Waals surface area contributed by atoms with Gasteiger partial charge in [0, 0.05) is 19.6 Å².